The number of nitrogens with zero attached hydrogens (tertiary/aromatic N) is 3. The number of aldehydes is 1. The smallest absolute Gasteiger partial charge is 0.199 e. The number of rotatable bonds is 9. The summed E-state index contributed by atoms with van der Waals surface area (Å²) >= 11 is 0. The summed E-state index contributed by atoms with van der Waals surface area (Å²) in [5.41, 5.74) is 5.53. The highest BCUT2D eigenvalue weighted by atomic mass is 16.5. The number of aryl methyl sites for hydroxylation is 2. The van der Waals surface area contributed by atoms with E-state index in [4.69, 9.17) is 4.74 Å². The van der Waals surface area contributed by atoms with Crippen molar-refractivity contribution in [2.45, 2.75) is 26.3 Å². The van der Waals surface area contributed by atoms with Crippen LogP contribution in [0.25, 0.3) is 33.1 Å². The Morgan fingerprint density at radius 3 is 2.91 bits per heavy atom. The summed E-state index contributed by atoms with van der Waals surface area (Å²) in [6.45, 7) is 3.36. The van der Waals surface area contributed by atoms with Crippen molar-refractivity contribution in [1.82, 2.24) is 19.7 Å². The number of hydrogen-bond acceptors (Lipinski definition) is 5. The molecule has 1 N–H and O–H groups in total. The van der Waals surface area contributed by atoms with E-state index in [1.165, 1.54) is 0 Å². The highest BCUT2D eigenvalue weighted by molar-refractivity contribution is 6.25. The fourth-order valence-corrected chi connectivity index (χ4v) is 4.26. The largest absolute Gasteiger partial charge is 0.491 e. The van der Waals surface area contributed by atoms with E-state index >= 15 is 0 Å². The van der Waals surface area contributed by atoms with E-state index in [2.05, 4.69) is 21.1 Å². The number of hydrogen-bond donors (Lipinski definition) is 1. The molecule has 0 fully saturated rings. The number of aromatic nitrogens is 4. The average Bonchev–Trinajstić information content (AvgIpc) is 3.50. The number of carbonyl (C=O) groups is 2. The molecule has 3 aromatic heterocycles. The summed E-state index contributed by atoms with van der Waals surface area (Å²) < 4.78 is 8.06. The van der Waals surface area contributed by atoms with Gasteiger partial charge in [-0.05, 0) is 53.4 Å². The number of carbonyl (C=O) groups excluding carboxylic acids is 2. The Bertz CT molecular complexity index is 1490. The standard InChI is InChI=1S/C27H24N4O3/c1-18-13-23-25-22(20-6-2-5-19(14-20)15-21(33)17-32)7-8-24(26(25)30-27(23)28-16-18)34-12-4-11-31-10-3-9-29-31/h2-3,5-10,13-14,16-17H,4,11-12,15H2,1H3,(H,28,30). The van der Waals surface area contributed by atoms with E-state index in [9.17, 15) is 9.59 Å². The molecule has 0 amide bonds. The molecule has 0 radical (unpaired) electrons. The monoisotopic (exact) mass is 452 g/mol. The highest BCUT2D eigenvalue weighted by Gasteiger charge is 2.16. The van der Waals surface area contributed by atoms with Crippen molar-refractivity contribution in [2.24, 2.45) is 0 Å². The van der Waals surface area contributed by atoms with Gasteiger partial charge in [0.25, 0.3) is 0 Å². The lowest BCUT2D eigenvalue weighted by Crippen LogP contribution is -2.05. The Hall–Kier alpha value is -4.26. The maximum atomic E-state index is 11.7. The van der Waals surface area contributed by atoms with Crippen LogP contribution in [-0.4, -0.2) is 38.4 Å². The van der Waals surface area contributed by atoms with Gasteiger partial charge in [0.05, 0.1) is 12.1 Å². The number of aromatic amines is 1. The quantitative estimate of drug-likeness (QED) is 0.199. The Morgan fingerprint density at radius 2 is 2.09 bits per heavy atom. The van der Waals surface area contributed by atoms with E-state index in [0.717, 1.165) is 62.9 Å². The van der Waals surface area contributed by atoms with Crippen LogP contribution >= 0.6 is 0 Å². The van der Waals surface area contributed by atoms with Gasteiger partial charge in [-0.2, -0.15) is 5.10 Å². The molecule has 0 spiro atoms. The zero-order chi connectivity index (χ0) is 23.5. The van der Waals surface area contributed by atoms with Gasteiger partial charge in [0.1, 0.15) is 11.4 Å². The van der Waals surface area contributed by atoms with Gasteiger partial charge in [0, 0.05) is 48.7 Å². The van der Waals surface area contributed by atoms with Crippen molar-refractivity contribution in [1.29, 1.82) is 0 Å². The summed E-state index contributed by atoms with van der Waals surface area (Å²) in [5.74, 6) is 0.329. The number of benzene rings is 2. The molecule has 7 heteroatoms. The minimum atomic E-state index is -0.437. The molecule has 0 aliphatic rings. The molecule has 34 heavy (non-hydrogen) atoms. The SMILES string of the molecule is Cc1cnc2[nH]c3c(OCCCn4cccn4)ccc(-c4cccc(CC(=O)C=O)c4)c3c2c1. The lowest BCUT2D eigenvalue weighted by Gasteiger charge is -2.11. The fraction of sp³-hybridized carbons (Fsp3) is 0.185. The van der Waals surface area contributed by atoms with E-state index in [1.807, 2.05) is 66.5 Å². The maximum absolute atomic E-state index is 11.7. The van der Waals surface area contributed by atoms with Gasteiger partial charge in [0.2, 0.25) is 0 Å². The van der Waals surface area contributed by atoms with Crippen LogP contribution in [0.3, 0.4) is 0 Å². The maximum Gasteiger partial charge on any atom is 0.199 e. The minimum absolute atomic E-state index is 0.0898. The molecule has 0 aliphatic carbocycles. The van der Waals surface area contributed by atoms with Crippen LogP contribution in [-0.2, 0) is 22.6 Å². The van der Waals surface area contributed by atoms with Crippen LogP contribution < -0.4 is 4.74 Å². The molecule has 170 valence electrons. The number of ketones is 1. The van der Waals surface area contributed by atoms with Crippen LogP contribution in [0.2, 0.25) is 0 Å². The summed E-state index contributed by atoms with van der Waals surface area (Å²) in [4.78, 5) is 30.5. The highest BCUT2D eigenvalue weighted by Crippen LogP contribution is 2.39. The van der Waals surface area contributed by atoms with Gasteiger partial charge >= 0.3 is 0 Å². The van der Waals surface area contributed by atoms with Crippen molar-refractivity contribution < 1.29 is 14.3 Å². The topological polar surface area (TPSA) is 89.9 Å². The third kappa shape index (κ3) is 4.32. The van der Waals surface area contributed by atoms with E-state index in [-0.39, 0.29) is 6.42 Å². The molecule has 2 aromatic carbocycles. The molecule has 0 saturated carbocycles. The fourth-order valence-electron chi connectivity index (χ4n) is 4.26. The third-order valence-electron chi connectivity index (χ3n) is 5.80. The molecule has 0 atom stereocenters. The second-order valence-corrected chi connectivity index (χ2v) is 8.33. The van der Waals surface area contributed by atoms with Gasteiger partial charge in [-0.25, -0.2) is 4.98 Å². The Balaban J connectivity index is 1.54. The number of Topliss-reactive ketones (excluding diaryl/α,β-unsaturated/α-hetero) is 1. The molecule has 7 nitrogen and oxygen atoms in total. The first kappa shape index (κ1) is 21.6. The molecule has 0 saturated heterocycles. The zero-order valence-electron chi connectivity index (χ0n) is 18.8. The van der Waals surface area contributed by atoms with Gasteiger partial charge < -0.3 is 9.72 Å². The molecule has 0 unspecified atom stereocenters. The second kappa shape index (κ2) is 9.31. The molecular weight excluding hydrogens is 428 g/mol. The Morgan fingerprint density at radius 1 is 1.18 bits per heavy atom. The summed E-state index contributed by atoms with van der Waals surface area (Å²) in [6.07, 6.45) is 6.84. The van der Waals surface area contributed by atoms with Gasteiger partial charge in [-0.3, -0.25) is 14.3 Å². The summed E-state index contributed by atoms with van der Waals surface area (Å²) in [5, 5.41) is 6.27. The van der Waals surface area contributed by atoms with E-state index < -0.39 is 5.78 Å². The lowest BCUT2D eigenvalue weighted by molar-refractivity contribution is -0.129. The van der Waals surface area contributed by atoms with Crippen LogP contribution in [0.5, 0.6) is 5.75 Å². The van der Waals surface area contributed by atoms with E-state index in [1.54, 1.807) is 6.20 Å². The van der Waals surface area contributed by atoms with Gasteiger partial charge in [0.15, 0.2) is 12.1 Å². The molecule has 5 rings (SSSR count). The normalized spacial score (nSPS) is 11.2. The first-order valence-electron chi connectivity index (χ1n) is 11.2. The predicted octanol–water partition coefficient (Wildman–Crippen LogP) is 4.67. The molecular formula is C27H24N4O3. The van der Waals surface area contributed by atoms with Crippen molar-refractivity contribution in [3.63, 3.8) is 0 Å². The van der Waals surface area contributed by atoms with E-state index in [0.29, 0.717) is 12.9 Å². The van der Waals surface area contributed by atoms with Gasteiger partial charge in [-0.15, -0.1) is 0 Å². The van der Waals surface area contributed by atoms with Gasteiger partial charge in [-0.1, -0.05) is 24.3 Å². The first-order chi connectivity index (χ1) is 16.6. The average molecular weight is 453 g/mol. The lowest BCUT2D eigenvalue weighted by atomic mass is 9.96. The predicted molar refractivity (Wildman–Crippen MR) is 131 cm³/mol. The molecule has 3 heterocycles. The second-order valence-electron chi connectivity index (χ2n) is 8.33. The molecule has 5 aromatic rings. The number of fused-ring (bicyclic) bond motifs is 3. The molecule has 0 bridgehead atoms. The van der Waals surface area contributed by atoms with Crippen molar-refractivity contribution in [3.8, 4) is 16.9 Å². The molecule has 0 aliphatic heterocycles. The summed E-state index contributed by atoms with van der Waals surface area (Å²) in [7, 11) is 0. The number of pyridine rings is 1. The zero-order valence-corrected chi connectivity index (χ0v) is 18.8. The van der Waals surface area contributed by atoms with Crippen LogP contribution in [0, 0.1) is 6.92 Å². The van der Waals surface area contributed by atoms with Crippen molar-refractivity contribution in [2.75, 3.05) is 6.61 Å². The van der Waals surface area contributed by atoms with Crippen LogP contribution in [0.4, 0.5) is 0 Å². The summed E-state index contributed by atoms with van der Waals surface area (Å²) in [6, 6.07) is 15.8. The Labute approximate surface area is 196 Å². The number of H-pyrrole nitrogens is 1. The first-order valence-corrected chi connectivity index (χ1v) is 11.2. The van der Waals surface area contributed by atoms with Crippen molar-refractivity contribution in [3.05, 3.63) is 78.2 Å². The number of ether oxygens (including phenoxy) is 1. The minimum Gasteiger partial charge on any atom is -0.491 e. The van der Waals surface area contributed by atoms with Crippen LogP contribution in [0.1, 0.15) is 17.5 Å². The van der Waals surface area contributed by atoms with Crippen LogP contribution in [0.15, 0.2) is 67.1 Å². The third-order valence-corrected chi connectivity index (χ3v) is 5.80. The van der Waals surface area contributed by atoms with Crippen molar-refractivity contribution >= 4 is 34.0 Å². The number of nitrogens with one attached hydrogen (secondary N) is 1. The Kier molecular flexibility index (Phi) is 5.91.